The quantitative estimate of drug-likeness (QED) is 0.295. The monoisotopic (exact) mass is 397 g/mol. The molecule has 30 heavy (non-hydrogen) atoms. The number of hydrogen-bond donors (Lipinski definition) is 0. The fourth-order valence-electron chi connectivity index (χ4n) is 3.96. The summed E-state index contributed by atoms with van der Waals surface area (Å²) in [6.45, 7) is 5.19. The van der Waals surface area contributed by atoms with E-state index in [1.807, 2.05) is 61.1 Å². The van der Waals surface area contributed by atoms with Gasteiger partial charge in [0, 0.05) is 29.8 Å². The van der Waals surface area contributed by atoms with E-state index in [4.69, 9.17) is 11.3 Å². The van der Waals surface area contributed by atoms with Crippen molar-refractivity contribution >= 4 is 21.9 Å². The Balaban J connectivity index is 1.88. The molecule has 0 N–H and O–H groups in total. The van der Waals surface area contributed by atoms with E-state index in [-0.39, 0.29) is 35.3 Å². The van der Waals surface area contributed by atoms with Crippen LogP contribution in [0.15, 0.2) is 83.3 Å². The second kappa shape index (κ2) is 7.14. The lowest BCUT2D eigenvalue weighted by Gasteiger charge is -2.07. The van der Waals surface area contributed by atoms with Gasteiger partial charge < -0.3 is 4.42 Å². The van der Waals surface area contributed by atoms with Crippen LogP contribution in [0.3, 0.4) is 0 Å². The average molecular weight is 398 g/mol. The lowest BCUT2D eigenvalue weighted by molar-refractivity contribution is -0.660. The number of aryl methyl sites for hydroxylation is 2. The smallest absolute Gasteiger partial charge is 0.216 e. The van der Waals surface area contributed by atoms with Gasteiger partial charge in [-0.1, -0.05) is 68.3 Å². The molecule has 0 spiro atoms. The summed E-state index contributed by atoms with van der Waals surface area (Å²) in [5.41, 5.74) is 5.04. The molecular weight excluding hydrogens is 366 g/mol. The van der Waals surface area contributed by atoms with Crippen molar-refractivity contribution in [3.05, 3.63) is 90.0 Å². The van der Waals surface area contributed by atoms with Crippen LogP contribution in [-0.4, -0.2) is 0 Å². The van der Waals surface area contributed by atoms with Crippen LogP contribution in [0.2, 0.25) is 0 Å². The number of pyridine rings is 1. The Morgan fingerprint density at radius 1 is 0.900 bits per heavy atom. The predicted octanol–water partition coefficient (Wildman–Crippen LogP) is 7.18. The predicted molar refractivity (Wildman–Crippen MR) is 125 cm³/mol. The molecule has 0 saturated heterocycles. The van der Waals surface area contributed by atoms with Crippen molar-refractivity contribution < 1.29 is 15.8 Å². The van der Waals surface area contributed by atoms with Crippen molar-refractivity contribution in [1.82, 2.24) is 0 Å². The third-order valence-electron chi connectivity index (χ3n) is 5.58. The Morgan fingerprint density at radius 2 is 1.67 bits per heavy atom. The number of aromatic nitrogens is 1. The van der Waals surface area contributed by atoms with Crippen LogP contribution in [0.4, 0.5) is 0 Å². The van der Waals surface area contributed by atoms with Crippen molar-refractivity contribution in [3.8, 4) is 22.4 Å². The van der Waals surface area contributed by atoms with Gasteiger partial charge in [-0.15, -0.1) is 0 Å². The third kappa shape index (κ3) is 2.91. The van der Waals surface area contributed by atoms with Crippen molar-refractivity contribution in [2.24, 2.45) is 7.05 Å². The first kappa shape index (κ1) is 13.8. The van der Waals surface area contributed by atoms with Gasteiger partial charge in [0.15, 0.2) is 6.20 Å². The van der Waals surface area contributed by atoms with Gasteiger partial charge in [0.05, 0.1) is 11.0 Å². The SMILES string of the molecule is [2H]c1c([2H])c(C([2H])(C)C)c([2H])c([2H])c1-c1cccc2c1oc1c(-c3cccc[n+]3C)c(C)ccc12. The fraction of sp³-hybridized carbons (Fsp3) is 0.179. The molecule has 0 atom stereocenters. The highest BCUT2D eigenvalue weighted by Crippen LogP contribution is 2.40. The Morgan fingerprint density at radius 3 is 2.40 bits per heavy atom. The number of hydrogen-bond acceptors (Lipinski definition) is 1. The summed E-state index contributed by atoms with van der Waals surface area (Å²) in [5, 5.41) is 1.77. The summed E-state index contributed by atoms with van der Waals surface area (Å²) in [6, 6.07) is 14.9. The molecule has 0 amide bonds. The van der Waals surface area contributed by atoms with Gasteiger partial charge in [-0.3, -0.25) is 0 Å². The maximum atomic E-state index is 8.72. The van der Waals surface area contributed by atoms with Gasteiger partial charge in [0.2, 0.25) is 5.69 Å². The molecule has 5 rings (SSSR count). The molecule has 0 saturated carbocycles. The van der Waals surface area contributed by atoms with Crippen LogP contribution in [0.5, 0.6) is 0 Å². The van der Waals surface area contributed by atoms with E-state index in [9.17, 15) is 0 Å². The number of benzene rings is 3. The van der Waals surface area contributed by atoms with E-state index in [1.165, 1.54) is 0 Å². The summed E-state index contributed by atoms with van der Waals surface area (Å²) >= 11 is 0. The van der Waals surface area contributed by atoms with Crippen LogP contribution in [0.25, 0.3) is 44.3 Å². The fourth-order valence-corrected chi connectivity index (χ4v) is 3.96. The van der Waals surface area contributed by atoms with Crippen molar-refractivity contribution in [2.45, 2.75) is 26.7 Å². The summed E-state index contributed by atoms with van der Waals surface area (Å²) in [4.78, 5) is 0. The van der Waals surface area contributed by atoms with E-state index in [2.05, 4.69) is 6.07 Å². The van der Waals surface area contributed by atoms with Crippen LogP contribution < -0.4 is 4.57 Å². The number of furan rings is 1. The molecule has 0 bridgehead atoms. The number of nitrogens with zero attached hydrogens (tertiary/aromatic N) is 1. The first-order valence-corrected chi connectivity index (χ1v) is 10.0. The molecule has 0 aliphatic heterocycles. The van der Waals surface area contributed by atoms with Crippen LogP contribution in [-0.2, 0) is 7.05 Å². The van der Waals surface area contributed by atoms with Crippen LogP contribution >= 0.6 is 0 Å². The number of fused-ring (bicyclic) bond motifs is 3. The minimum Gasteiger partial charge on any atom is -0.454 e. The second-order valence-corrected chi connectivity index (χ2v) is 7.87. The van der Waals surface area contributed by atoms with Gasteiger partial charge in [0.1, 0.15) is 18.2 Å². The topological polar surface area (TPSA) is 17.0 Å². The van der Waals surface area contributed by atoms with Gasteiger partial charge in [-0.2, -0.15) is 0 Å². The molecule has 0 aliphatic rings. The zero-order valence-corrected chi connectivity index (χ0v) is 17.6. The van der Waals surface area contributed by atoms with Crippen LogP contribution in [0, 0.1) is 6.92 Å². The third-order valence-corrected chi connectivity index (χ3v) is 5.58. The zero-order valence-electron chi connectivity index (χ0n) is 22.6. The van der Waals surface area contributed by atoms with Crippen molar-refractivity contribution in [2.75, 3.05) is 0 Å². The van der Waals surface area contributed by atoms with Crippen LogP contribution in [0.1, 0.15) is 37.7 Å². The molecule has 0 fully saturated rings. The Kier molecular flexibility index (Phi) is 3.28. The molecule has 148 valence electrons. The molecule has 0 radical (unpaired) electrons. The van der Waals surface area contributed by atoms with E-state index >= 15 is 0 Å². The number of rotatable bonds is 3. The highest BCUT2D eigenvalue weighted by Gasteiger charge is 2.21. The van der Waals surface area contributed by atoms with E-state index in [0.717, 1.165) is 27.6 Å². The molecule has 5 aromatic rings. The zero-order chi connectivity index (χ0) is 25.2. The average Bonchev–Trinajstić information content (AvgIpc) is 3.17. The van der Waals surface area contributed by atoms with Crippen molar-refractivity contribution in [1.29, 1.82) is 0 Å². The van der Waals surface area contributed by atoms with E-state index in [0.29, 0.717) is 16.7 Å². The molecule has 2 aromatic heterocycles. The minimum absolute atomic E-state index is 0.0857. The van der Waals surface area contributed by atoms with Crippen molar-refractivity contribution in [3.63, 3.8) is 0 Å². The molecule has 3 aromatic carbocycles. The maximum absolute atomic E-state index is 8.72. The summed E-state index contributed by atoms with van der Waals surface area (Å²) in [5.74, 6) is -1.26. The molecule has 2 nitrogen and oxygen atoms in total. The standard InChI is InChI=1S/C28H26NO/c1-18(2)20-12-14-21(15-13-20)22-8-7-9-23-24-16-11-19(3)26(28(24)30-27(22)23)25-10-5-6-17-29(25)4/h5-18H,1-4H3/q+1/i12D,13D,14D,15D,18D. The second-order valence-electron chi connectivity index (χ2n) is 7.87. The summed E-state index contributed by atoms with van der Waals surface area (Å²) < 4.78 is 51.4. The van der Waals surface area contributed by atoms with Gasteiger partial charge in [0.25, 0.3) is 0 Å². The van der Waals surface area contributed by atoms with E-state index in [1.54, 1.807) is 19.9 Å². The van der Waals surface area contributed by atoms with Gasteiger partial charge >= 0.3 is 0 Å². The highest BCUT2D eigenvalue weighted by atomic mass is 16.3. The first-order chi connectivity index (χ1) is 16.5. The Bertz CT molecular complexity index is 1620. The first-order valence-electron chi connectivity index (χ1n) is 12.5. The highest BCUT2D eigenvalue weighted by molar-refractivity contribution is 6.13. The molecule has 0 unspecified atom stereocenters. The number of para-hydroxylation sites is 1. The summed E-state index contributed by atoms with van der Waals surface area (Å²) in [7, 11) is 1.99. The normalized spacial score (nSPS) is 14.3. The molecule has 2 heterocycles. The minimum atomic E-state index is -1.26. The van der Waals surface area contributed by atoms with Gasteiger partial charge in [-0.25, -0.2) is 4.57 Å². The summed E-state index contributed by atoms with van der Waals surface area (Å²) in [6.07, 6.45) is 1.99. The Labute approximate surface area is 184 Å². The largest absolute Gasteiger partial charge is 0.454 e. The lowest BCUT2D eigenvalue weighted by Crippen LogP contribution is -2.30. The molecular formula is C28H26NO+. The lowest BCUT2D eigenvalue weighted by atomic mass is 9.97. The Hall–Kier alpha value is -3.39. The molecule has 2 heteroatoms. The van der Waals surface area contributed by atoms with Gasteiger partial charge in [-0.05, 0) is 35.6 Å². The maximum Gasteiger partial charge on any atom is 0.216 e. The molecule has 0 aliphatic carbocycles. The van der Waals surface area contributed by atoms with E-state index < -0.39 is 5.89 Å².